The van der Waals surface area contributed by atoms with Crippen LogP contribution in [0.2, 0.25) is 0 Å². The Morgan fingerprint density at radius 3 is 2.45 bits per heavy atom. The van der Waals surface area contributed by atoms with Crippen molar-refractivity contribution < 1.29 is 33.0 Å². The Balaban J connectivity index is 1.63. The van der Waals surface area contributed by atoms with Crippen LogP contribution in [0.15, 0.2) is 53.7 Å². The van der Waals surface area contributed by atoms with Gasteiger partial charge in [-0.25, -0.2) is 14.0 Å². The molecule has 1 fully saturated rings. The largest absolute Gasteiger partial charge is 0.497 e. The lowest BCUT2D eigenvalue weighted by atomic mass is 9.93. The van der Waals surface area contributed by atoms with E-state index in [1.807, 2.05) is 0 Å². The maximum Gasteiger partial charge on any atom is 0.338 e. The van der Waals surface area contributed by atoms with Crippen LogP contribution >= 0.6 is 0 Å². The average molecular weight is 555 g/mol. The van der Waals surface area contributed by atoms with E-state index in [-0.39, 0.29) is 18.5 Å². The topological polar surface area (TPSA) is 101 Å². The second kappa shape index (κ2) is 12.8. The number of nitrogens with zero attached hydrogens (tertiary/aromatic N) is 3. The lowest BCUT2D eigenvalue weighted by molar-refractivity contribution is -0.139. The minimum atomic E-state index is -0.804. The van der Waals surface area contributed by atoms with E-state index in [2.05, 4.69) is 10.2 Å². The molecule has 4 rings (SSSR count). The van der Waals surface area contributed by atoms with Crippen LogP contribution in [0.4, 0.5) is 9.18 Å². The van der Waals surface area contributed by atoms with Crippen molar-refractivity contribution in [2.24, 2.45) is 0 Å². The summed E-state index contributed by atoms with van der Waals surface area (Å²) in [6, 6.07) is 9.56. The zero-order valence-electron chi connectivity index (χ0n) is 23.2. The summed E-state index contributed by atoms with van der Waals surface area (Å²) >= 11 is 0. The van der Waals surface area contributed by atoms with Crippen molar-refractivity contribution in [2.45, 2.75) is 19.4 Å². The number of esters is 1. The molecule has 2 aromatic rings. The molecule has 214 valence electrons. The number of hydrogen-bond donors (Lipinski definition) is 1. The number of methoxy groups -OCH3 is 2. The fourth-order valence-electron chi connectivity index (χ4n) is 5.01. The predicted molar refractivity (Wildman–Crippen MR) is 146 cm³/mol. The van der Waals surface area contributed by atoms with Gasteiger partial charge in [0.05, 0.1) is 32.4 Å². The molecule has 2 heterocycles. The highest BCUT2D eigenvalue weighted by Gasteiger charge is 2.39. The first-order chi connectivity index (χ1) is 19.3. The van der Waals surface area contributed by atoms with Gasteiger partial charge in [0.1, 0.15) is 17.3 Å². The lowest BCUT2D eigenvalue weighted by Gasteiger charge is -2.37. The molecular weight excluding hydrogens is 519 g/mol. The summed E-state index contributed by atoms with van der Waals surface area (Å²) in [6.45, 7) is 4.36. The number of benzene rings is 2. The van der Waals surface area contributed by atoms with Crippen LogP contribution in [-0.2, 0) is 9.53 Å². The Bertz CT molecular complexity index is 1280. The van der Waals surface area contributed by atoms with Crippen molar-refractivity contribution in [1.82, 2.24) is 20.0 Å². The first kappa shape index (κ1) is 28.9. The Hall–Kier alpha value is -4.12. The number of likely N-dealkylation sites (N-methyl/N-ethyl adjacent to an activating group) is 1. The second-order valence-electron chi connectivity index (χ2n) is 9.56. The van der Waals surface area contributed by atoms with Gasteiger partial charge in [-0.05, 0) is 49.7 Å². The van der Waals surface area contributed by atoms with Gasteiger partial charge in [-0.15, -0.1) is 0 Å². The molecule has 0 saturated carbocycles. The van der Waals surface area contributed by atoms with E-state index in [1.54, 1.807) is 44.2 Å². The first-order valence-corrected chi connectivity index (χ1v) is 13.2. The van der Waals surface area contributed by atoms with Gasteiger partial charge in [0, 0.05) is 62.7 Å². The fourth-order valence-corrected chi connectivity index (χ4v) is 5.01. The number of nitrogens with one attached hydrogen (secondary N) is 1. The standard InChI is InChI=1S/C29H35FN4O6/c1-5-40-28(36)25-23(32(2)29(37)31-26(25)22-12-11-21(38-3)17-24(22)39-4)18-33-13-6-14-34(16-15-33)27(35)19-7-9-20(30)10-8-19/h7-12,17,26H,5-6,13-16,18H2,1-4H3,(H,31,37). The predicted octanol–water partition coefficient (Wildman–Crippen LogP) is 3.20. The van der Waals surface area contributed by atoms with E-state index in [0.29, 0.717) is 73.0 Å². The molecule has 40 heavy (non-hydrogen) atoms. The van der Waals surface area contributed by atoms with Gasteiger partial charge in [0.15, 0.2) is 0 Å². The molecule has 0 radical (unpaired) electrons. The number of carbonyl (C=O) groups is 3. The number of ether oxygens (including phenoxy) is 3. The minimum absolute atomic E-state index is 0.158. The third kappa shape index (κ3) is 6.20. The zero-order valence-corrected chi connectivity index (χ0v) is 23.2. The summed E-state index contributed by atoms with van der Waals surface area (Å²) in [5.74, 6) is -0.0501. The molecule has 2 aliphatic rings. The molecule has 1 atom stereocenters. The van der Waals surface area contributed by atoms with Crippen LogP contribution in [0.25, 0.3) is 0 Å². The molecule has 0 aromatic heterocycles. The van der Waals surface area contributed by atoms with E-state index in [0.717, 1.165) is 0 Å². The van der Waals surface area contributed by atoms with Crippen molar-refractivity contribution in [3.8, 4) is 11.5 Å². The zero-order chi connectivity index (χ0) is 28.8. The van der Waals surface area contributed by atoms with Gasteiger partial charge < -0.3 is 24.4 Å². The molecule has 1 unspecified atom stereocenters. The van der Waals surface area contributed by atoms with Crippen LogP contribution in [-0.4, -0.2) is 93.2 Å². The highest BCUT2D eigenvalue weighted by Crippen LogP contribution is 2.37. The van der Waals surface area contributed by atoms with Crippen LogP contribution in [0, 0.1) is 5.82 Å². The van der Waals surface area contributed by atoms with E-state index >= 15 is 0 Å². The number of rotatable bonds is 8. The molecule has 1 N–H and O–H groups in total. The molecule has 3 amide bonds. The SMILES string of the molecule is CCOC(=O)C1=C(CN2CCCN(C(=O)c3ccc(F)cc3)CC2)N(C)C(=O)NC1c1ccc(OC)cc1OC. The van der Waals surface area contributed by atoms with Crippen molar-refractivity contribution in [2.75, 3.05) is 60.6 Å². The lowest BCUT2D eigenvalue weighted by Crippen LogP contribution is -2.49. The van der Waals surface area contributed by atoms with Crippen LogP contribution < -0.4 is 14.8 Å². The summed E-state index contributed by atoms with van der Waals surface area (Å²) in [4.78, 5) is 44.8. The molecule has 0 bridgehead atoms. The van der Waals surface area contributed by atoms with Gasteiger partial charge in [-0.1, -0.05) is 0 Å². The van der Waals surface area contributed by atoms with Gasteiger partial charge in [0.25, 0.3) is 5.91 Å². The Kier molecular flexibility index (Phi) is 9.26. The normalized spacial score (nSPS) is 18.2. The number of amides is 3. The van der Waals surface area contributed by atoms with Crippen molar-refractivity contribution in [1.29, 1.82) is 0 Å². The molecule has 2 aromatic carbocycles. The van der Waals surface area contributed by atoms with Gasteiger partial charge in [0.2, 0.25) is 0 Å². The van der Waals surface area contributed by atoms with Crippen molar-refractivity contribution in [3.63, 3.8) is 0 Å². The number of urea groups is 1. The summed E-state index contributed by atoms with van der Waals surface area (Å²) in [7, 11) is 4.68. The number of carbonyl (C=O) groups excluding carboxylic acids is 3. The van der Waals surface area contributed by atoms with Crippen LogP contribution in [0.3, 0.4) is 0 Å². The molecule has 0 spiro atoms. The molecule has 10 nitrogen and oxygen atoms in total. The fraction of sp³-hybridized carbons (Fsp3) is 0.414. The Labute approximate surface area is 233 Å². The molecule has 1 saturated heterocycles. The summed E-state index contributed by atoms with van der Waals surface area (Å²) in [5.41, 5.74) is 1.86. The smallest absolute Gasteiger partial charge is 0.338 e. The molecule has 11 heteroatoms. The van der Waals surface area contributed by atoms with E-state index < -0.39 is 17.8 Å². The molecular formula is C29H35FN4O6. The first-order valence-electron chi connectivity index (χ1n) is 13.2. The highest BCUT2D eigenvalue weighted by atomic mass is 19.1. The maximum absolute atomic E-state index is 13.4. The third-order valence-corrected chi connectivity index (χ3v) is 7.16. The van der Waals surface area contributed by atoms with Gasteiger partial charge in [-0.3, -0.25) is 14.6 Å². The van der Waals surface area contributed by atoms with Crippen LogP contribution in [0.5, 0.6) is 11.5 Å². The van der Waals surface area contributed by atoms with E-state index in [4.69, 9.17) is 14.2 Å². The Morgan fingerprint density at radius 2 is 1.77 bits per heavy atom. The Morgan fingerprint density at radius 1 is 1.02 bits per heavy atom. The van der Waals surface area contributed by atoms with E-state index in [9.17, 15) is 18.8 Å². The van der Waals surface area contributed by atoms with Crippen LogP contribution in [0.1, 0.15) is 35.3 Å². The van der Waals surface area contributed by atoms with Gasteiger partial charge >= 0.3 is 12.0 Å². The molecule has 2 aliphatic heterocycles. The van der Waals surface area contributed by atoms with Gasteiger partial charge in [-0.2, -0.15) is 0 Å². The quantitative estimate of drug-likeness (QED) is 0.500. The molecule has 0 aliphatic carbocycles. The summed E-state index contributed by atoms with van der Waals surface area (Å²) < 4.78 is 29.7. The average Bonchev–Trinajstić information content (AvgIpc) is 3.20. The van der Waals surface area contributed by atoms with E-state index in [1.165, 1.54) is 36.3 Å². The summed E-state index contributed by atoms with van der Waals surface area (Å²) in [5, 5.41) is 2.92. The second-order valence-corrected chi connectivity index (χ2v) is 9.56. The third-order valence-electron chi connectivity index (χ3n) is 7.16. The number of hydrogen-bond acceptors (Lipinski definition) is 7. The summed E-state index contributed by atoms with van der Waals surface area (Å²) in [6.07, 6.45) is 0.695. The van der Waals surface area contributed by atoms with Crippen molar-refractivity contribution >= 4 is 17.9 Å². The highest BCUT2D eigenvalue weighted by molar-refractivity contribution is 5.95. The monoisotopic (exact) mass is 554 g/mol. The minimum Gasteiger partial charge on any atom is -0.497 e. The number of halogens is 1. The van der Waals surface area contributed by atoms with Crippen molar-refractivity contribution in [3.05, 3.63) is 70.7 Å². The maximum atomic E-state index is 13.4.